The smallest absolute Gasteiger partial charge is 0.266 e. The van der Waals surface area contributed by atoms with Crippen molar-refractivity contribution in [2.45, 2.75) is 25.8 Å². The van der Waals surface area contributed by atoms with Gasteiger partial charge in [0.05, 0.1) is 16.9 Å². The van der Waals surface area contributed by atoms with Gasteiger partial charge in [0.1, 0.15) is 4.32 Å². The lowest BCUT2D eigenvalue weighted by Gasteiger charge is -2.27. The minimum atomic E-state index is -1.31. The first-order chi connectivity index (χ1) is 11.4. The summed E-state index contributed by atoms with van der Waals surface area (Å²) < 4.78 is 0.207. The number of thioether (sulfide) groups is 1. The van der Waals surface area contributed by atoms with Gasteiger partial charge >= 0.3 is 0 Å². The van der Waals surface area contributed by atoms with Crippen LogP contribution in [0.2, 0.25) is 0 Å². The highest BCUT2D eigenvalue weighted by Crippen LogP contribution is 2.34. The van der Waals surface area contributed by atoms with Crippen molar-refractivity contribution in [1.29, 1.82) is 0 Å². The normalized spacial score (nSPS) is 18.3. The highest BCUT2D eigenvalue weighted by molar-refractivity contribution is 8.26. The first-order valence-corrected chi connectivity index (χ1v) is 8.94. The molecule has 0 spiro atoms. The fourth-order valence-electron chi connectivity index (χ4n) is 2.25. The molecule has 0 N–H and O–H groups in total. The van der Waals surface area contributed by atoms with Crippen molar-refractivity contribution < 1.29 is 14.7 Å². The Balaban J connectivity index is 2.24. The first kappa shape index (κ1) is 18.7. The summed E-state index contributed by atoms with van der Waals surface area (Å²) in [7, 11) is 0. The quantitative estimate of drug-likeness (QED) is 0.561. The van der Waals surface area contributed by atoms with Crippen LogP contribution in [-0.4, -0.2) is 27.1 Å². The van der Waals surface area contributed by atoms with Crippen molar-refractivity contribution in [2.24, 2.45) is 0 Å². The standard InChI is InChI=1S/C17H16ClNO3S2/c1-2-6-13(16(21)22)19-15(20)14(24-17(19)23)10-12(18)9-11-7-4-3-5-8-11/h3-5,7-10,13H,2,6H2,1H3,(H,21,22)/p-1/b12-9-,14-10-/t13-/m1/s1. The zero-order valence-corrected chi connectivity index (χ0v) is 15.3. The van der Waals surface area contributed by atoms with Gasteiger partial charge in [0, 0.05) is 5.03 Å². The number of allylic oxidation sites excluding steroid dienone is 2. The Kier molecular flexibility index (Phi) is 6.60. The molecule has 1 atom stereocenters. The van der Waals surface area contributed by atoms with Gasteiger partial charge in [0.15, 0.2) is 0 Å². The molecule has 4 nitrogen and oxygen atoms in total. The Bertz CT molecular complexity index is 716. The summed E-state index contributed by atoms with van der Waals surface area (Å²) in [6.07, 6.45) is 4.11. The summed E-state index contributed by atoms with van der Waals surface area (Å²) in [4.78, 5) is 25.2. The number of hydrogen-bond donors (Lipinski definition) is 0. The van der Waals surface area contributed by atoms with Crippen LogP contribution in [0.15, 0.2) is 46.3 Å². The lowest BCUT2D eigenvalue weighted by Crippen LogP contribution is -2.49. The van der Waals surface area contributed by atoms with Gasteiger partial charge in [-0.15, -0.1) is 0 Å². The molecule has 0 unspecified atom stereocenters. The van der Waals surface area contributed by atoms with Crippen LogP contribution in [-0.2, 0) is 9.59 Å². The van der Waals surface area contributed by atoms with E-state index in [1.54, 1.807) is 6.08 Å². The number of carboxylic acids is 1. The Morgan fingerprint density at radius 2 is 2.08 bits per heavy atom. The number of amides is 1. The van der Waals surface area contributed by atoms with Crippen LogP contribution in [0.4, 0.5) is 0 Å². The molecule has 1 aromatic carbocycles. The molecule has 1 saturated heterocycles. The fourth-order valence-corrected chi connectivity index (χ4v) is 3.90. The topological polar surface area (TPSA) is 60.4 Å². The molecule has 0 aliphatic carbocycles. The zero-order valence-electron chi connectivity index (χ0n) is 12.9. The number of carboxylic acid groups (broad SMARTS) is 1. The van der Waals surface area contributed by atoms with E-state index in [-0.39, 0.29) is 10.7 Å². The fraction of sp³-hybridized carbons (Fsp3) is 0.235. The maximum atomic E-state index is 12.5. The molecular formula is C17H15ClNO3S2-. The lowest BCUT2D eigenvalue weighted by atomic mass is 10.1. The number of aliphatic carboxylic acids is 1. The second-order valence-electron chi connectivity index (χ2n) is 5.12. The SMILES string of the molecule is CCC[C@H](C(=O)[O-])N1C(=O)/C(=C/C(Cl)=C/c2ccccc2)SC1=S. The molecule has 0 radical (unpaired) electrons. The summed E-state index contributed by atoms with van der Waals surface area (Å²) >= 11 is 12.4. The minimum Gasteiger partial charge on any atom is -0.548 e. The van der Waals surface area contributed by atoms with E-state index in [1.807, 2.05) is 37.3 Å². The van der Waals surface area contributed by atoms with E-state index < -0.39 is 17.9 Å². The molecule has 126 valence electrons. The Morgan fingerprint density at radius 1 is 1.42 bits per heavy atom. The Morgan fingerprint density at radius 3 is 2.67 bits per heavy atom. The molecule has 1 aromatic rings. The van der Waals surface area contributed by atoms with Gasteiger partial charge in [0.25, 0.3) is 5.91 Å². The largest absolute Gasteiger partial charge is 0.548 e. The number of benzene rings is 1. The van der Waals surface area contributed by atoms with Crippen LogP contribution in [0.1, 0.15) is 25.3 Å². The van der Waals surface area contributed by atoms with Crippen molar-refractivity contribution in [3.8, 4) is 0 Å². The Hall–Kier alpha value is -1.63. The molecule has 24 heavy (non-hydrogen) atoms. The van der Waals surface area contributed by atoms with E-state index >= 15 is 0 Å². The van der Waals surface area contributed by atoms with Crippen molar-refractivity contribution in [3.05, 3.63) is 51.9 Å². The summed E-state index contributed by atoms with van der Waals surface area (Å²) in [6.45, 7) is 1.84. The molecule has 1 amide bonds. The van der Waals surface area contributed by atoms with Gasteiger partial charge in [-0.1, -0.05) is 79.3 Å². The van der Waals surface area contributed by atoms with Crippen LogP contribution in [0.25, 0.3) is 6.08 Å². The van der Waals surface area contributed by atoms with Gasteiger partial charge in [0.2, 0.25) is 0 Å². The summed E-state index contributed by atoms with van der Waals surface area (Å²) in [5.41, 5.74) is 0.896. The second kappa shape index (κ2) is 8.46. The maximum Gasteiger partial charge on any atom is 0.266 e. The molecule has 1 aliphatic heterocycles. The summed E-state index contributed by atoms with van der Waals surface area (Å²) in [6, 6.07) is 8.37. The number of carbonyl (C=O) groups excluding carboxylic acids is 2. The zero-order chi connectivity index (χ0) is 17.7. The minimum absolute atomic E-state index is 0.207. The average Bonchev–Trinajstić information content (AvgIpc) is 2.80. The Labute approximate surface area is 155 Å². The molecule has 7 heteroatoms. The van der Waals surface area contributed by atoms with Crippen molar-refractivity contribution in [1.82, 2.24) is 4.90 Å². The molecule has 0 aromatic heterocycles. The molecule has 1 aliphatic rings. The molecule has 0 saturated carbocycles. The van der Waals surface area contributed by atoms with Crippen LogP contribution >= 0.6 is 35.6 Å². The summed E-state index contributed by atoms with van der Waals surface area (Å²) in [5, 5.41) is 11.7. The van der Waals surface area contributed by atoms with Gasteiger partial charge in [-0.2, -0.15) is 0 Å². The van der Waals surface area contributed by atoms with Crippen molar-refractivity contribution >= 4 is 57.9 Å². The number of thiocarbonyl (C=S) groups is 1. The van der Waals surface area contributed by atoms with Crippen LogP contribution in [0.5, 0.6) is 0 Å². The van der Waals surface area contributed by atoms with Gasteiger partial charge in [-0.05, 0) is 24.1 Å². The van der Waals surface area contributed by atoms with E-state index in [2.05, 4.69) is 0 Å². The third-order valence-electron chi connectivity index (χ3n) is 3.34. The first-order valence-electron chi connectivity index (χ1n) is 7.34. The summed E-state index contributed by atoms with van der Waals surface area (Å²) in [5.74, 6) is -1.76. The van der Waals surface area contributed by atoms with Crippen molar-refractivity contribution in [3.63, 3.8) is 0 Å². The van der Waals surface area contributed by atoms with E-state index in [0.29, 0.717) is 16.4 Å². The van der Waals surface area contributed by atoms with E-state index in [9.17, 15) is 14.7 Å². The van der Waals surface area contributed by atoms with E-state index in [1.165, 1.54) is 6.08 Å². The highest BCUT2D eigenvalue weighted by atomic mass is 35.5. The predicted molar refractivity (Wildman–Crippen MR) is 99.1 cm³/mol. The van der Waals surface area contributed by atoms with Gasteiger partial charge in [-0.25, -0.2) is 0 Å². The molecule has 2 rings (SSSR count). The lowest BCUT2D eigenvalue weighted by molar-refractivity contribution is -0.310. The van der Waals surface area contributed by atoms with Gasteiger partial charge < -0.3 is 9.90 Å². The van der Waals surface area contributed by atoms with Crippen molar-refractivity contribution in [2.75, 3.05) is 0 Å². The monoisotopic (exact) mass is 380 g/mol. The predicted octanol–water partition coefficient (Wildman–Crippen LogP) is 2.93. The second-order valence-corrected chi connectivity index (χ2v) is 7.23. The average molecular weight is 381 g/mol. The molecule has 0 bridgehead atoms. The maximum absolute atomic E-state index is 12.5. The third-order valence-corrected chi connectivity index (χ3v) is 4.89. The van der Waals surface area contributed by atoms with Crippen LogP contribution in [0.3, 0.4) is 0 Å². The molecular weight excluding hydrogens is 366 g/mol. The molecule has 1 heterocycles. The number of halogens is 1. The number of carbonyl (C=O) groups is 2. The van der Waals surface area contributed by atoms with Crippen LogP contribution < -0.4 is 5.11 Å². The number of nitrogens with zero attached hydrogens (tertiary/aromatic N) is 1. The van der Waals surface area contributed by atoms with Crippen LogP contribution in [0, 0.1) is 0 Å². The van der Waals surface area contributed by atoms with Gasteiger partial charge in [-0.3, -0.25) is 9.69 Å². The number of hydrogen-bond acceptors (Lipinski definition) is 5. The molecule has 1 fully saturated rings. The van der Waals surface area contributed by atoms with E-state index in [0.717, 1.165) is 22.2 Å². The number of rotatable bonds is 6. The third kappa shape index (κ3) is 4.47. The van der Waals surface area contributed by atoms with E-state index in [4.69, 9.17) is 23.8 Å². The highest BCUT2D eigenvalue weighted by Gasteiger charge is 2.37.